The number of rotatable bonds is 40. The first-order chi connectivity index (χ1) is 29.5. The molecule has 1 aliphatic carbocycles. The number of Topliss-reactive ketones (excluding diaryl/α,β-unsaturated/α-hetero) is 1. The minimum Gasteiger partial charge on any atom is -0.462 e. The highest BCUT2D eigenvalue weighted by Crippen LogP contribution is 2.48. The molecule has 0 aliphatic heterocycles. The highest BCUT2D eigenvalue weighted by Gasteiger charge is 2.54. The Morgan fingerprint density at radius 2 is 0.839 bits per heavy atom. The van der Waals surface area contributed by atoms with Crippen LogP contribution in [0.4, 0.5) is 0 Å². The van der Waals surface area contributed by atoms with Crippen LogP contribution in [-0.2, 0) is 46.6 Å². The number of hydrogen-bond acceptors (Lipinski definition) is 14. The van der Waals surface area contributed by atoms with E-state index in [9.17, 15) is 48.8 Å². The number of ether oxygens (including phenoxy) is 2. The van der Waals surface area contributed by atoms with Crippen molar-refractivity contribution in [3.8, 4) is 0 Å². The van der Waals surface area contributed by atoms with E-state index in [1.165, 1.54) is 57.8 Å². The van der Waals surface area contributed by atoms with E-state index in [1.807, 2.05) is 6.92 Å². The Hall–Kier alpha value is -1.33. The van der Waals surface area contributed by atoms with Gasteiger partial charge in [0.15, 0.2) is 6.10 Å². The van der Waals surface area contributed by atoms with Crippen molar-refractivity contribution >= 4 is 33.4 Å². The zero-order valence-electron chi connectivity index (χ0n) is 37.6. The number of unbranched alkanes of at least 4 members (excludes halogenated alkanes) is 22. The van der Waals surface area contributed by atoms with Gasteiger partial charge in [-0.2, -0.15) is 0 Å². The summed E-state index contributed by atoms with van der Waals surface area (Å²) in [6, 6.07) is 0. The van der Waals surface area contributed by atoms with Crippen molar-refractivity contribution in [1.29, 1.82) is 0 Å². The summed E-state index contributed by atoms with van der Waals surface area (Å²) in [5, 5.41) is 41.4. The monoisotopic (exact) mass is 933 g/mol. The van der Waals surface area contributed by atoms with E-state index in [1.54, 1.807) is 0 Å². The standard InChI is InChI=1S/C43H82O17P2/c1-3-5-6-7-8-9-10-11-14-18-21-24-27-31-37(46)58-35(32-56-36(45)30-26-23-20-17-15-12-13-16-19-22-25-29-34(44)28-4-2)33-57-62(54,55)60-43-40(49)38(47)42(39(48)41(43)50)59-61(51,52)53/h35,38-43,47-50H,3-33H2,1-2H3,(H,54,55)(H2,51,52,53)/t35-,38-,39+,40?,41-,42?,43?/m1/s1. The molecule has 366 valence electrons. The Morgan fingerprint density at radius 3 is 1.24 bits per heavy atom. The summed E-state index contributed by atoms with van der Waals surface area (Å²) >= 11 is 0. The van der Waals surface area contributed by atoms with E-state index in [0.717, 1.165) is 89.9 Å². The molecule has 1 aliphatic rings. The van der Waals surface area contributed by atoms with Crippen LogP contribution in [0.2, 0.25) is 0 Å². The number of phosphoric acid groups is 2. The van der Waals surface area contributed by atoms with Gasteiger partial charge in [-0.05, 0) is 25.7 Å². The number of carbonyl (C=O) groups is 3. The first-order valence-electron chi connectivity index (χ1n) is 23.5. The van der Waals surface area contributed by atoms with Gasteiger partial charge in [0.05, 0.1) is 6.61 Å². The van der Waals surface area contributed by atoms with Crippen molar-refractivity contribution in [3.63, 3.8) is 0 Å². The fourth-order valence-electron chi connectivity index (χ4n) is 7.44. The number of phosphoric ester groups is 2. The van der Waals surface area contributed by atoms with Crippen LogP contribution >= 0.6 is 15.6 Å². The molecule has 0 amide bonds. The summed E-state index contributed by atoms with van der Waals surface area (Å²) in [7, 11) is -10.6. The predicted molar refractivity (Wildman–Crippen MR) is 233 cm³/mol. The van der Waals surface area contributed by atoms with Gasteiger partial charge in [-0.15, -0.1) is 0 Å². The van der Waals surface area contributed by atoms with E-state index >= 15 is 0 Å². The molecular weight excluding hydrogens is 850 g/mol. The fraction of sp³-hybridized carbons (Fsp3) is 0.930. The molecule has 0 aromatic rings. The van der Waals surface area contributed by atoms with E-state index in [4.69, 9.17) is 28.3 Å². The SMILES string of the molecule is CCCCCCCCCCCCCCCC(=O)O[C@H](COC(=O)CCCCCCCCCCCCCC(=O)CCC)COP(=O)(O)OC1C(O)[C@@H](O)C(OP(=O)(O)O)[C@@H](O)[C@H]1O. The molecule has 0 radical (unpaired) electrons. The topological polar surface area (TPSA) is 273 Å². The number of carbonyl (C=O) groups excluding carboxylic acids is 3. The van der Waals surface area contributed by atoms with Crippen LogP contribution in [0.5, 0.6) is 0 Å². The Balaban J connectivity index is 2.56. The fourth-order valence-corrected chi connectivity index (χ4v) is 8.98. The molecule has 0 aromatic heterocycles. The second-order valence-electron chi connectivity index (χ2n) is 16.8. The van der Waals surface area contributed by atoms with Gasteiger partial charge in [0.2, 0.25) is 0 Å². The van der Waals surface area contributed by atoms with Crippen LogP contribution in [-0.4, -0.2) is 109 Å². The normalized spacial score (nSPS) is 22.0. The summed E-state index contributed by atoms with van der Waals surface area (Å²) in [5.74, 6) is -0.851. The number of esters is 2. The zero-order valence-corrected chi connectivity index (χ0v) is 39.4. The molecule has 1 saturated carbocycles. The summed E-state index contributed by atoms with van der Waals surface area (Å²) in [5.41, 5.74) is 0. The lowest BCUT2D eigenvalue weighted by atomic mass is 9.85. The third-order valence-electron chi connectivity index (χ3n) is 11.1. The molecule has 0 heterocycles. The largest absolute Gasteiger partial charge is 0.472 e. The lowest BCUT2D eigenvalue weighted by molar-refractivity contribution is -0.216. The van der Waals surface area contributed by atoms with Crippen molar-refractivity contribution in [2.45, 2.75) is 243 Å². The average Bonchev–Trinajstić information content (AvgIpc) is 3.21. The Kier molecular flexibility index (Phi) is 33.1. The second-order valence-corrected chi connectivity index (χ2v) is 19.4. The Bertz CT molecular complexity index is 1270. The third-order valence-corrected chi connectivity index (χ3v) is 12.6. The molecule has 8 atom stereocenters. The summed E-state index contributed by atoms with van der Waals surface area (Å²) < 4.78 is 49.1. The highest BCUT2D eigenvalue weighted by atomic mass is 31.2. The maximum absolute atomic E-state index is 12.9. The lowest BCUT2D eigenvalue weighted by Crippen LogP contribution is -2.64. The average molecular weight is 933 g/mol. The molecule has 19 heteroatoms. The van der Waals surface area contributed by atoms with Gasteiger partial charge in [0.1, 0.15) is 49.0 Å². The van der Waals surface area contributed by atoms with Crippen LogP contribution in [0.25, 0.3) is 0 Å². The van der Waals surface area contributed by atoms with Crippen molar-refractivity contribution in [2.24, 2.45) is 0 Å². The van der Waals surface area contributed by atoms with Gasteiger partial charge in [-0.1, -0.05) is 149 Å². The molecule has 0 spiro atoms. The quantitative estimate of drug-likeness (QED) is 0.0175. The molecule has 17 nitrogen and oxygen atoms in total. The summed E-state index contributed by atoms with van der Waals surface area (Å²) in [4.78, 5) is 65.6. The van der Waals surface area contributed by atoms with E-state index in [-0.39, 0.29) is 12.8 Å². The molecule has 1 fully saturated rings. The van der Waals surface area contributed by atoms with Gasteiger partial charge >= 0.3 is 27.6 Å². The molecule has 1 rings (SSSR count). The van der Waals surface area contributed by atoms with Crippen molar-refractivity contribution < 1.29 is 81.7 Å². The summed E-state index contributed by atoms with van der Waals surface area (Å²) in [6.45, 7) is 2.90. The maximum Gasteiger partial charge on any atom is 0.472 e. The van der Waals surface area contributed by atoms with E-state index in [2.05, 4.69) is 11.4 Å². The number of aliphatic hydroxyl groups is 4. The molecule has 0 bridgehead atoms. The zero-order chi connectivity index (χ0) is 46.2. The Morgan fingerprint density at radius 1 is 0.468 bits per heavy atom. The summed E-state index contributed by atoms with van der Waals surface area (Å²) in [6.07, 6.45) is 13.4. The van der Waals surface area contributed by atoms with Gasteiger partial charge in [0, 0.05) is 25.7 Å². The van der Waals surface area contributed by atoms with Crippen LogP contribution in [0.15, 0.2) is 0 Å². The van der Waals surface area contributed by atoms with Gasteiger partial charge in [-0.3, -0.25) is 28.0 Å². The minimum atomic E-state index is -5.31. The molecule has 4 unspecified atom stereocenters. The highest BCUT2D eigenvalue weighted by molar-refractivity contribution is 7.47. The molecule has 0 aromatic carbocycles. The Labute approximate surface area is 370 Å². The first-order valence-corrected chi connectivity index (χ1v) is 26.5. The van der Waals surface area contributed by atoms with Crippen LogP contribution < -0.4 is 0 Å². The molecule has 7 N–H and O–H groups in total. The number of aliphatic hydroxyl groups excluding tert-OH is 4. The lowest BCUT2D eigenvalue weighted by Gasteiger charge is -2.43. The van der Waals surface area contributed by atoms with E-state index < -0.39 is 83.5 Å². The van der Waals surface area contributed by atoms with Gasteiger partial charge < -0.3 is 44.6 Å². The molecular formula is C43H82O17P2. The smallest absolute Gasteiger partial charge is 0.462 e. The maximum atomic E-state index is 12.9. The van der Waals surface area contributed by atoms with Crippen LogP contribution in [0, 0.1) is 0 Å². The van der Waals surface area contributed by atoms with Crippen molar-refractivity contribution in [2.75, 3.05) is 13.2 Å². The number of hydrogen-bond donors (Lipinski definition) is 7. The van der Waals surface area contributed by atoms with Gasteiger partial charge in [0.25, 0.3) is 0 Å². The van der Waals surface area contributed by atoms with Crippen molar-refractivity contribution in [1.82, 2.24) is 0 Å². The van der Waals surface area contributed by atoms with Crippen LogP contribution in [0.1, 0.15) is 200 Å². The number of ketones is 1. The van der Waals surface area contributed by atoms with Crippen molar-refractivity contribution in [3.05, 3.63) is 0 Å². The second kappa shape index (κ2) is 34.9. The van der Waals surface area contributed by atoms with Gasteiger partial charge in [-0.25, -0.2) is 9.13 Å². The minimum absolute atomic E-state index is 0.0465. The first kappa shape index (κ1) is 58.7. The molecule has 62 heavy (non-hydrogen) atoms. The van der Waals surface area contributed by atoms with Crippen LogP contribution in [0.3, 0.4) is 0 Å². The third kappa shape index (κ3) is 29.3. The van der Waals surface area contributed by atoms with E-state index in [0.29, 0.717) is 31.5 Å². The molecule has 0 saturated heterocycles. The predicted octanol–water partition coefficient (Wildman–Crippen LogP) is 7.80.